The number of aromatic nitrogens is 6. The van der Waals surface area contributed by atoms with Crippen LogP contribution >= 0.6 is 0 Å². The number of tetrazole rings is 1. The van der Waals surface area contributed by atoms with Crippen molar-refractivity contribution in [2.24, 2.45) is 5.92 Å². The zero-order valence-electron chi connectivity index (χ0n) is 20.7. The first-order chi connectivity index (χ1) is 17.0. The maximum Gasteiger partial charge on any atom is 0.252 e. The molecule has 0 spiro atoms. The molecule has 0 radical (unpaired) electrons. The standard InChI is InChI=1S/C27H33N7O/c1-18(2)25(26-30-31-32-34(26)23-8-4-5-9-23)33(16-20-7-6-12-28-15-20)17-22-14-21-13-19(3)10-11-24(21)29-27(22)35/h6-7,10-15,18,23,25H,4-5,8-9,16-17H2,1-3H3,(H,29,35). The molecule has 1 atom stereocenters. The molecular weight excluding hydrogens is 438 g/mol. The number of nitrogens with one attached hydrogen (secondary N) is 1. The second-order valence-electron chi connectivity index (χ2n) is 10.1. The van der Waals surface area contributed by atoms with E-state index in [0.717, 1.165) is 40.7 Å². The van der Waals surface area contributed by atoms with Crippen LogP contribution in [0.1, 0.15) is 74.1 Å². The molecule has 1 fully saturated rings. The predicted molar refractivity (Wildman–Crippen MR) is 136 cm³/mol. The summed E-state index contributed by atoms with van der Waals surface area (Å²) < 4.78 is 2.04. The van der Waals surface area contributed by atoms with Gasteiger partial charge < -0.3 is 4.98 Å². The summed E-state index contributed by atoms with van der Waals surface area (Å²) >= 11 is 0. The number of aromatic amines is 1. The molecule has 0 saturated heterocycles. The quantitative estimate of drug-likeness (QED) is 0.399. The van der Waals surface area contributed by atoms with Crippen molar-refractivity contribution in [3.63, 3.8) is 0 Å². The van der Waals surface area contributed by atoms with Crippen molar-refractivity contribution in [3.05, 3.63) is 81.7 Å². The molecule has 4 aromatic rings. The Kier molecular flexibility index (Phi) is 6.72. The lowest BCUT2D eigenvalue weighted by molar-refractivity contribution is 0.123. The van der Waals surface area contributed by atoms with Crippen LogP contribution in [0.5, 0.6) is 0 Å². The van der Waals surface area contributed by atoms with Gasteiger partial charge in [0.1, 0.15) is 0 Å². The Morgan fingerprint density at radius 1 is 1.14 bits per heavy atom. The van der Waals surface area contributed by atoms with E-state index in [1.54, 1.807) is 6.20 Å². The number of hydrogen-bond donors (Lipinski definition) is 1. The summed E-state index contributed by atoms with van der Waals surface area (Å²) in [4.78, 5) is 22.8. The van der Waals surface area contributed by atoms with Crippen LogP contribution in [0.15, 0.2) is 53.6 Å². The van der Waals surface area contributed by atoms with Crippen molar-refractivity contribution in [2.75, 3.05) is 0 Å². The van der Waals surface area contributed by atoms with Gasteiger partial charge in [-0.2, -0.15) is 0 Å². The first kappa shape index (κ1) is 23.4. The fraction of sp³-hybridized carbons (Fsp3) is 0.444. The van der Waals surface area contributed by atoms with Crippen molar-refractivity contribution < 1.29 is 0 Å². The van der Waals surface area contributed by atoms with Gasteiger partial charge in [0.2, 0.25) is 0 Å². The second kappa shape index (κ2) is 10.1. The van der Waals surface area contributed by atoms with E-state index < -0.39 is 0 Å². The molecule has 1 N–H and O–H groups in total. The fourth-order valence-corrected chi connectivity index (χ4v) is 5.37. The average Bonchev–Trinajstić information content (AvgIpc) is 3.52. The molecule has 1 saturated carbocycles. The average molecular weight is 472 g/mol. The van der Waals surface area contributed by atoms with Crippen LogP contribution < -0.4 is 5.56 Å². The van der Waals surface area contributed by atoms with Crippen LogP contribution in [-0.2, 0) is 13.1 Å². The van der Waals surface area contributed by atoms with Crippen molar-refractivity contribution in [1.29, 1.82) is 0 Å². The molecule has 5 rings (SSSR count). The molecule has 0 aliphatic heterocycles. The number of aryl methyl sites for hydroxylation is 1. The van der Waals surface area contributed by atoms with Gasteiger partial charge >= 0.3 is 0 Å². The van der Waals surface area contributed by atoms with E-state index in [-0.39, 0.29) is 17.5 Å². The summed E-state index contributed by atoms with van der Waals surface area (Å²) in [6, 6.07) is 12.4. The fourth-order valence-electron chi connectivity index (χ4n) is 5.37. The Hall–Kier alpha value is -3.39. The summed E-state index contributed by atoms with van der Waals surface area (Å²) in [5, 5.41) is 14.1. The Balaban J connectivity index is 1.56. The number of rotatable bonds is 8. The lowest BCUT2D eigenvalue weighted by atomic mass is 9.99. The van der Waals surface area contributed by atoms with Crippen LogP contribution in [0.25, 0.3) is 10.9 Å². The summed E-state index contributed by atoms with van der Waals surface area (Å²) in [5.74, 6) is 1.11. The minimum Gasteiger partial charge on any atom is -0.322 e. The summed E-state index contributed by atoms with van der Waals surface area (Å²) in [7, 11) is 0. The topological polar surface area (TPSA) is 92.6 Å². The van der Waals surface area contributed by atoms with E-state index in [1.165, 1.54) is 18.4 Å². The summed E-state index contributed by atoms with van der Waals surface area (Å²) in [5.41, 5.74) is 3.78. The maximum absolute atomic E-state index is 13.1. The largest absolute Gasteiger partial charge is 0.322 e. The van der Waals surface area contributed by atoms with Gasteiger partial charge in [0, 0.05) is 36.6 Å². The Labute approximate surface area is 205 Å². The number of benzene rings is 1. The van der Waals surface area contributed by atoms with E-state index in [9.17, 15) is 4.79 Å². The molecule has 1 unspecified atom stereocenters. The Morgan fingerprint density at radius 2 is 1.97 bits per heavy atom. The second-order valence-corrected chi connectivity index (χ2v) is 10.1. The molecule has 1 aliphatic carbocycles. The van der Waals surface area contributed by atoms with Gasteiger partial charge in [-0.25, -0.2) is 4.68 Å². The molecule has 3 aromatic heterocycles. The van der Waals surface area contributed by atoms with Crippen molar-refractivity contribution >= 4 is 10.9 Å². The number of fused-ring (bicyclic) bond motifs is 1. The van der Waals surface area contributed by atoms with Gasteiger partial charge in [-0.05, 0) is 71.3 Å². The van der Waals surface area contributed by atoms with E-state index in [0.29, 0.717) is 19.1 Å². The lowest BCUT2D eigenvalue weighted by Crippen LogP contribution is -2.35. The molecule has 0 bridgehead atoms. The van der Waals surface area contributed by atoms with Gasteiger partial charge in [0.05, 0.1) is 12.1 Å². The number of pyridine rings is 2. The molecule has 35 heavy (non-hydrogen) atoms. The van der Waals surface area contributed by atoms with Crippen molar-refractivity contribution in [1.82, 2.24) is 35.1 Å². The lowest BCUT2D eigenvalue weighted by Gasteiger charge is -2.34. The summed E-state index contributed by atoms with van der Waals surface area (Å²) in [6.45, 7) is 7.58. The predicted octanol–water partition coefficient (Wildman–Crippen LogP) is 4.73. The summed E-state index contributed by atoms with van der Waals surface area (Å²) in [6.07, 6.45) is 8.30. The molecule has 1 aromatic carbocycles. The van der Waals surface area contributed by atoms with Gasteiger partial charge in [0.25, 0.3) is 5.56 Å². The Morgan fingerprint density at radius 3 is 2.71 bits per heavy atom. The normalized spacial score (nSPS) is 15.5. The third-order valence-corrected chi connectivity index (χ3v) is 7.04. The highest BCUT2D eigenvalue weighted by molar-refractivity contribution is 5.79. The third-order valence-electron chi connectivity index (χ3n) is 7.04. The van der Waals surface area contributed by atoms with Crippen molar-refractivity contribution in [3.8, 4) is 0 Å². The highest BCUT2D eigenvalue weighted by atomic mass is 16.1. The van der Waals surface area contributed by atoms with Crippen LogP contribution in [0.2, 0.25) is 0 Å². The zero-order valence-corrected chi connectivity index (χ0v) is 20.7. The molecule has 8 heteroatoms. The smallest absolute Gasteiger partial charge is 0.252 e. The zero-order chi connectivity index (χ0) is 24.4. The van der Waals surface area contributed by atoms with E-state index >= 15 is 0 Å². The highest BCUT2D eigenvalue weighted by Gasteiger charge is 2.32. The first-order valence-corrected chi connectivity index (χ1v) is 12.5. The minimum atomic E-state index is -0.0598. The van der Waals surface area contributed by atoms with Crippen LogP contribution in [0.4, 0.5) is 0 Å². The molecule has 3 heterocycles. The molecule has 0 amide bonds. The van der Waals surface area contributed by atoms with Crippen LogP contribution in [0.3, 0.4) is 0 Å². The molecule has 1 aliphatic rings. The molecule has 8 nitrogen and oxygen atoms in total. The number of hydrogen-bond acceptors (Lipinski definition) is 6. The van der Waals surface area contributed by atoms with E-state index in [4.69, 9.17) is 0 Å². The van der Waals surface area contributed by atoms with Crippen LogP contribution in [-0.4, -0.2) is 35.1 Å². The van der Waals surface area contributed by atoms with E-state index in [2.05, 4.69) is 63.3 Å². The SMILES string of the molecule is Cc1ccc2[nH]c(=O)c(CN(Cc3cccnc3)C(c3nnnn3C3CCCC3)C(C)C)cc2c1. The first-order valence-electron chi connectivity index (χ1n) is 12.5. The monoisotopic (exact) mass is 471 g/mol. The minimum absolute atomic E-state index is 0.0570. The third kappa shape index (κ3) is 5.03. The highest BCUT2D eigenvalue weighted by Crippen LogP contribution is 2.35. The number of nitrogens with zero attached hydrogens (tertiary/aromatic N) is 6. The number of H-pyrrole nitrogens is 1. The van der Waals surface area contributed by atoms with Gasteiger partial charge in [-0.15, -0.1) is 5.10 Å². The van der Waals surface area contributed by atoms with Gasteiger partial charge in [0.15, 0.2) is 5.82 Å². The molecular formula is C27H33N7O. The van der Waals surface area contributed by atoms with Gasteiger partial charge in [-0.3, -0.25) is 14.7 Å². The Bertz CT molecular complexity index is 1340. The molecule has 182 valence electrons. The maximum atomic E-state index is 13.1. The van der Waals surface area contributed by atoms with Gasteiger partial charge in [-0.1, -0.05) is 44.4 Å². The van der Waals surface area contributed by atoms with E-state index in [1.807, 2.05) is 35.1 Å². The van der Waals surface area contributed by atoms with Crippen LogP contribution in [0, 0.1) is 12.8 Å². The van der Waals surface area contributed by atoms with Crippen molar-refractivity contribution in [2.45, 2.75) is 71.6 Å².